The smallest absolute Gasteiger partial charge is 0.242 e. The molecule has 3 aliphatic rings. The highest BCUT2D eigenvalue weighted by Crippen LogP contribution is 2.32. The Kier molecular flexibility index (Phi) is 11.7. The van der Waals surface area contributed by atoms with E-state index in [1.54, 1.807) is 6.07 Å². The van der Waals surface area contributed by atoms with Crippen LogP contribution in [0.5, 0.6) is 0 Å². The average molecular weight is 635 g/mol. The average Bonchev–Trinajstić information content (AvgIpc) is 3.61. The Hall–Kier alpha value is -2.46. The molecule has 2 fully saturated rings. The van der Waals surface area contributed by atoms with E-state index >= 15 is 0 Å². The van der Waals surface area contributed by atoms with Gasteiger partial charge in [0, 0.05) is 35.2 Å². The van der Waals surface area contributed by atoms with Crippen LogP contribution in [0, 0.1) is 17.1 Å². The van der Waals surface area contributed by atoms with Gasteiger partial charge in [0.1, 0.15) is 31.6 Å². The number of halogens is 1. The minimum absolute atomic E-state index is 0.00213. The van der Waals surface area contributed by atoms with Crippen molar-refractivity contribution in [3.05, 3.63) is 40.6 Å². The molecule has 15 heteroatoms. The van der Waals surface area contributed by atoms with E-state index in [0.717, 1.165) is 32.2 Å². The van der Waals surface area contributed by atoms with E-state index in [1.165, 1.54) is 28.8 Å². The third-order valence-electron chi connectivity index (χ3n) is 7.95. The van der Waals surface area contributed by atoms with Crippen LogP contribution in [0.1, 0.15) is 44.1 Å². The molecule has 4 rings (SSSR count). The first-order chi connectivity index (χ1) is 20.4. The van der Waals surface area contributed by atoms with Gasteiger partial charge in [-0.3, -0.25) is 15.0 Å². The summed E-state index contributed by atoms with van der Waals surface area (Å²) in [5.41, 5.74) is 6.16. The zero-order valence-electron chi connectivity index (χ0n) is 24.3. The van der Waals surface area contributed by atoms with Crippen LogP contribution in [0.3, 0.4) is 0 Å². The van der Waals surface area contributed by atoms with E-state index in [4.69, 9.17) is 23.7 Å². The van der Waals surface area contributed by atoms with Gasteiger partial charge in [-0.2, -0.15) is 0 Å². The SMILES string of the molecule is [B]c1ccc(CO[C@@H]2C[C@@H](C(=O)NCC3CC=C(C(=N)N)S3)N(C(=O)[C@@H](CC[C@H]3CCCNC3)NS(C)(=O)=O)C2)c(F)c1. The zero-order chi connectivity index (χ0) is 31.1. The van der Waals surface area contributed by atoms with Crippen molar-refractivity contribution in [1.29, 1.82) is 5.41 Å². The van der Waals surface area contributed by atoms with Gasteiger partial charge in [0.25, 0.3) is 0 Å². The number of piperidine rings is 1. The largest absolute Gasteiger partial charge is 0.383 e. The van der Waals surface area contributed by atoms with Crippen LogP contribution in [0.15, 0.2) is 29.2 Å². The van der Waals surface area contributed by atoms with E-state index in [2.05, 4.69) is 15.4 Å². The lowest BCUT2D eigenvalue weighted by Gasteiger charge is -2.30. The summed E-state index contributed by atoms with van der Waals surface area (Å²) in [6, 6.07) is 2.37. The van der Waals surface area contributed by atoms with Gasteiger partial charge in [-0.1, -0.05) is 23.7 Å². The number of rotatable bonds is 13. The van der Waals surface area contributed by atoms with Gasteiger partial charge in [0.15, 0.2) is 0 Å². The Morgan fingerprint density at radius 3 is 2.81 bits per heavy atom. The maximum Gasteiger partial charge on any atom is 0.242 e. The van der Waals surface area contributed by atoms with Crippen molar-refractivity contribution in [2.24, 2.45) is 11.7 Å². The van der Waals surface area contributed by atoms with Crippen LogP contribution in [0.4, 0.5) is 4.39 Å². The molecular weight excluding hydrogens is 594 g/mol. The number of carbonyl (C=O) groups excluding carboxylic acids is 2. The van der Waals surface area contributed by atoms with Crippen molar-refractivity contribution >= 4 is 52.7 Å². The number of allylic oxidation sites excluding steroid dienone is 1. The molecule has 2 amide bonds. The molecular formula is C28H40BFN6O5S2. The minimum Gasteiger partial charge on any atom is -0.383 e. The van der Waals surface area contributed by atoms with Crippen molar-refractivity contribution < 1.29 is 27.1 Å². The van der Waals surface area contributed by atoms with Crippen molar-refractivity contribution in [2.75, 3.05) is 32.4 Å². The summed E-state index contributed by atoms with van der Waals surface area (Å²) in [6.07, 6.45) is 6.07. The lowest BCUT2D eigenvalue weighted by molar-refractivity contribution is -0.140. The highest BCUT2D eigenvalue weighted by Gasteiger charge is 2.43. The molecule has 1 unspecified atom stereocenters. The fraction of sp³-hybridized carbons (Fsp3) is 0.607. The maximum atomic E-state index is 14.4. The second-order valence-corrected chi connectivity index (χ2v) is 14.6. The normalized spacial score (nSPS) is 24.9. The van der Waals surface area contributed by atoms with Crippen LogP contribution in [-0.2, 0) is 31.0 Å². The van der Waals surface area contributed by atoms with Gasteiger partial charge in [-0.05, 0) is 57.2 Å². The zero-order valence-corrected chi connectivity index (χ0v) is 25.9. The number of thioether (sulfide) groups is 1. The number of hydrogen-bond acceptors (Lipinski definition) is 8. The second kappa shape index (κ2) is 15.0. The summed E-state index contributed by atoms with van der Waals surface area (Å²) in [5, 5.41) is 13.9. The van der Waals surface area contributed by atoms with Crippen molar-refractivity contribution in [2.45, 2.75) is 68.6 Å². The molecule has 43 heavy (non-hydrogen) atoms. The van der Waals surface area contributed by atoms with Crippen LogP contribution in [-0.4, -0.2) is 94.7 Å². The van der Waals surface area contributed by atoms with Gasteiger partial charge in [0.05, 0.1) is 19.0 Å². The second-order valence-electron chi connectivity index (χ2n) is 11.5. The quantitative estimate of drug-likeness (QED) is 0.117. The van der Waals surface area contributed by atoms with E-state index in [0.29, 0.717) is 42.2 Å². The molecule has 11 nitrogen and oxygen atoms in total. The van der Waals surface area contributed by atoms with E-state index in [9.17, 15) is 22.4 Å². The fourth-order valence-electron chi connectivity index (χ4n) is 5.71. The number of likely N-dealkylation sites (tertiary alicyclic amines) is 1. The third kappa shape index (κ3) is 9.77. The number of hydrogen-bond donors (Lipinski definition) is 5. The van der Waals surface area contributed by atoms with Crippen molar-refractivity contribution in [3.8, 4) is 0 Å². The number of amidine groups is 1. The van der Waals surface area contributed by atoms with Crippen molar-refractivity contribution in [3.63, 3.8) is 0 Å². The van der Waals surface area contributed by atoms with Crippen LogP contribution in [0.25, 0.3) is 0 Å². The van der Waals surface area contributed by atoms with Gasteiger partial charge in [0.2, 0.25) is 21.8 Å². The van der Waals surface area contributed by atoms with E-state index in [-0.39, 0.29) is 42.0 Å². The van der Waals surface area contributed by atoms with Crippen LogP contribution < -0.4 is 26.6 Å². The predicted molar refractivity (Wildman–Crippen MR) is 166 cm³/mol. The molecule has 3 heterocycles. The molecule has 6 N–H and O–H groups in total. The Balaban J connectivity index is 1.46. The van der Waals surface area contributed by atoms with Crippen molar-refractivity contribution in [1.82, 2.24) is 20.3 Å². The number of carbonyl (C=O) groups is 2. The Bertz CT molecular complexity index is 1330. The van der Waals surface area contributed by atoms with Crippen LogP contribution >= 0.6 is 11.8 Å². The topological polar surface area (TPSA) is 167 Å². The Labute approximate surface area is 258 Å². The molecule has 3 aliphatic heterocycles. The first-order valence-corrected chi connectivity index (χ1v) is 17.3. The lowest BCUT2D eigenvalue weighted by atomic mass is 9.92. The molecule has 2 saturated heterocycles. The number of benzene rings is 1. The predicted octanol–water partition coefficient (Wildman–Crippen LogP) is 0.245. The first kappa shape index (κ1) is 33.4. The van der Waals surface area contributed by atoms with Gasteiger partial charge in [-0.25, -0.2) is 17.5 Å². The lowest BCUT2D eigenvalue weighted by Crippen LogP contribution is -2.54. The Morgan fingerprint density at radius 1 is 1.37 bits per heavy atom. The minimum atomic E-state index is -3.72. The summed E-state index contributed by atoms with van der Waals surface area (Å²) in [5.74, 6) is -1.08. The summed E-state index contributed by atoms with van der Waals surface area (Å²) in [4.78, 5) is 29.5. The molecule has 234 valence electrons. The third-order valence-corrected chi connectivity index (χ3v) is 9.99. The highest BCUT2D eigenvalue weighted by molar-refractivity contribution is 8.04. The number of nitrogens with two attached hydrogens (primary N) is 1. The molecule has 0 bridgehead atoms. The Morgan fingerprint density at radius 2 is 2.16 bits per heavy atom. The number of nitrogens with zero attached hydrogens (tertiary/aromatic N) is 1. The van der Waals surface area contributed by atoms with E-state index in [1.807, 2.05) is 6.08 Å². The fourth-order valence-corrected chi connectivity index (χ4v) is 7.48. The summed E-state index contributed by atoms with van der Waals surface area (Å²) >= 11 is 1.42. The van der Waals surface area contributed by atoms with Gasteiger partial charge in [-0.15, -0.1) is 11.8 Å². The molecule has 0 aromatic heterocycles. The number of amides is 2. The molecule has 5 atom stereocenters. The van der Waals surface area contributed by atoms with Gasteiger partial charge < -0.3 is 26.0 Å². The molecule has 0 aliphatic carbocycles. The van der Waals surface area contributed by atoms with Crippen LogP contribution in [0.2, 0.25) is 0 Å². The summed E-state index contributed by atoms with van der Waals surface area (Å²) < 4.78 is 47.4. The maximum absolute atomic E-state index is 14.4. The summed E-state index contributed by atoms with van der Waals surface area (Å²) in [7, 11) is 1.92. The monoisotopic (exact) mass is 634 g/mol. The van der Waals surface area contributed by atoms with E-state index < -0.39 is 39.9 Å². The van der Waals surface area contributed by atoms with Gasteiger partial charge >= 0.3 is 0 Å². The molecule has 0 spiro atoms. The highest BCUT2D eigenvalue weighted by atomic mass is 32.2. The summed E-state index contributed by atoms with van der Waals surface area (Å²) in [6.45, 7) is 2.03. The first-order valence-electron chi connectivity index (χ1n) is 14.5. The molecule has 2 radical (unpaired) electrons. The molecule has 1 aromatic rings. The molecule has 0 saturated carbocycles. The number of ether oxygens (including phenoxy) is 1. The number of sulfonamides is 1. The number of nitrogens with one attached hydrogen (secondary N) is 4. The standard InChI is InChI=1S/C28H40BFN6O5S2/c1-43(39,40)35-23(8-4-17-3-2-10-33-13-17)28(38)36-15-20(41-16-18-5-6-19(29)11-22(18)30)12-24(36)27(37)34-14-21-7-9-25(42-21)26(31)32/h5-6,9,11,17,20-21,23-24,33,35H,2-4,7-8,10,12-16H2,1H3,(H3,31,32)(H,34,37)/t17-,20-,21?,23-,24+/m1/s1. The molecule has 1 aromatic carbocycles.